The maximum atomic E-state index is 12.9. The van der Waals surface area contributed by atoms with Crippen LogP contribution in [0.2, 0.25) is 0 Å². The molecule has 1 atom stereocenters. The van der Waals surface area contributed by atoms with Gasteiger partial charge in [0.2, 0.25) is 15.9 Å². The number of anilines is 1. The molecule has 1 N–H and O–H groups in total. The van der Waals surface area contributed by atoms with Gasteiger partial charge >= 0.3 is 0 Å². The lowest BCUT2D eigenvalue weighted by molar-refractivity contribution is -0.122. The Morgan fingerprint density at radius 1 is 1.04 bits per heavy atom. The molecule has 1 saturated heterocycles. The van der Waals surface area contributed by atoms with Crippen LogP contribution in [0, 0.1) is 0 Å². The average Bonchev–Trinajstić information content (AvgIpc) is 2.60. The van der Waals surface area contributed by atoms with Crippen molar-refractivity contribution < 1.29 is 22.7 Å². The maximum Gasteiger partial charge on any atom is 0.243 e. The summed E-state index contributed by atoms with van der Waals surface area (Å²) in [5.74, 6) is 0.601. The molecule has 1 unspecified atom stereocenters. The Morgan fingerprint density at radius 3 is 2.46 bits per heavy atom. The van der Waals surface area contributed by atoms with Crippen LogP contribution in [0.4, 0.5) is 5.69 Å². The molecule has 0 radical (unpaired) electrons. The Bertz CT molecular complexity index is 930. The molecular formula is C18H18N2O5S. The Kier molecular flexibility index (Phi) is 4.29. The Labute approximate surface area is 151 Å². The van der Waals surface area contributed by atoms with E-state index in [2.05, 4.69) is 5.32 Å². The van der Waals surface area contributed by atoms with Gasteiger partial charge in [-0.25, -0.2) is 8.42 Å². The van der Waals surface area contributed by atoms with Gasteiger partial charge in [-0.05, 0) is 30.7 Å². The summed E-state index contributed by atoms with van der Waals surface area (Å²) in [5.41, 5.74) is 0.640. The van der Waals surface area contributed by atoms with Crippen molar-refractivity contribution in [1.82, 2.24) is 4.31 Å². The number of amides is 1. The Morgan fingerprint density at radius 2 is 1.77 bits per heavy atom. The van der Waals surface area contributed by atoms with E-state index in [-0.39, 0.29) is 10.8 Å². The van der Waals surface area contributed by atoms with Gasteiger partial charge in [-0.1, -0.05) is 18.2 Å². The second-order valence-electron chi connectivity index (χ2n) is 6.08. The molecule has 1 amide bonds. The molecule has 2 aromatic carbocycles. The highest BCUT2D eigenvalue weighted by molar-refractivity contribution is 7.89. The van der Waals surface area contributed by atoms with Gasteiger partial charge in [-0.15, -0.1) is 0 Å². The van der Waals surface area contributed by atoms with E-state index in [9.17, 15) is 13.2 Å². The van der Waals surface area contributed by atoms with Crippen LogP contribution in [0.15, 0.2) is 53.4 Å². The molecule has 0 spiro atoms. The SMILES string of the molecule is O=C(Nc1ccccc1)C1CCN1S(=O)(=O)c1ccc2c(c1)OCCO2. The highest BCUT2D eigenvalue weighted by Gasteiger charge is 2.43. The monoisotopic (exact) mass is 374 g/mol. The van der Waals surface area contributed by atoms with E-state index in [1.54, 1.807) is 30.3 Å². The lowest BCUT2D eigenvalue weighted by atomic mass is 10.1. The first kappa shape index (κ1) is 16.9. The van der Waals surface area contributed by atoms with Crippen molar-refractivity contribution >= 4 is 21.6 Å². The normalized spacial score (nSPS) is 19.5. The first-order chi connectivity index (χ1) is 12.6. The third-order valence-electron chi connectivity index (χ3n) is 4.43. The first-order valence-electron chi connectivity index (χ1n) is 8.33. The van der Waals surface area contributed by atoms with Crippen LogP contribution < -0.4 is 14.8 Å². The summed E-state index contributed by atoms with van der Waals surface area (Å²) in [4.78, 5) is 12.6. The molecule has 0 aromatic heterocycles. The van der Waals surface area contributed by atoms with Crippen LogP contribution in [-0.2, 0) is 14.8 Å². The number of hydrogen-bond donors (Lipinski definition) is 1. The summed E-state index contributed by atoms with van der Waals surface area (Å²) in [5, 5.41) is 2.76. The van der Waals surface area contributed by atoms with Crippen molar-refractivity contribution in [3.63, 3.8) is 0 Å². The van der Waals surface area contributed by atoms with Crippen LogP contribution in [-0.4, -0.2) is 44.4 Å². The highest BCUT2D eigenvalue weighted by atomic mass is 32.2. The first-order valence-corrected chi connectivity index (χ1v) is 9.77. The number of benzene rings is 2. The molecule has 0 saturated carbocycles. The molecule has 8 heteroatoms. The molecule has 2 aliphatic rings. The van der Waals surface area contributed by atoms with E-state index in [1.807, 2.05) is 6.07 Å². The Balaban J connectivity index is 1.53. The summed E-state index contributed by atoms with van der Waals surface area (Å²) in [6.45, 7) is 1.12. The zero-order valence-electron chi connectivity index (χ0n) is 13.9. The summed E-state index contributed by atoms with van der Waals surface area (Å²) < 4.78 is 37.9. The number of fused-ring (bicyclic) bond motifs is 1. The molecule has 7 nitrogen and oxygen atoms in total. The van der Waals surface area contributed by atoms with Crippen molar-refractivity contribution in [3.05, 3.63) is 48.5 Å². The summed E-state index contributed by atoms with van der Waals surface area (Å²) in [6.07, 6.45) is 0.489. The fourth-order valence-corrected chi connectivity index (χ4v) is 4.63. The van der Waals surface area contributed by atoms with E-state index < -0.39 is 16.1 Å². The number of rotatable bonds is 4. The predicted octanol–water partition coefficient (Wildman–Crippen LogP) is 1.86. The zero-order valence-corrected chi connectivity index (χ0v) is 14.7. The van der Waals surface area contributed by atoms with Gasteiger partial charge in [0, 0.05) is 18.3 Å². The highest BCUT2D eigenvalue weighted by Crippen LogP contribution is 2.35. The van der Waals surface area contributed by atoms with E-state index >= 15 is 0 Å². The molecule has 2 aliphatic heterocycles. The molecule has 26 heavy (non-hydrogen) atoms. The molecular weight excluding hydrogens is 356 g/mol. The standard InChI is InChI=1S/C18H18N2O5S/c21-18(19-13-4-2-1-3-5-13)15-8-9-20(15)26(22,23)14-6-7-16-17(12-14)25-11-10-24-16/h1-7,12,15H,8-11H2,(H,19,21). The maximum absolute atomic E-state index is 12.9. The molecule has 4 rings (SSSR count). The minimum Gasteiger partial charge on any atom is -0.486 e. The van der Waals surface area contributed by atoms with Gasteiger partial charge in [-0.2, -0.15) is 4.31 Å². The fourth-order valence-electron chi connectivity index (χ4n) is 2.98. The summed E-state index contributed by atoms with van der Waals surface area (Å²) in [6, 6.07) is 12.8. The van der Waals surface area contributed by atoms with Crippen LogP contribution in [0.25, 0.3) is 0 Å². The van der Waals surface area contributed by atoms with Gasteiger partial charge in [0.05, 0.1) is 4.90 Å². The number of carbonyl (C=O) groups excluding carboxylic acids is 1. The molecule has 2 aromatic rings. The minimum atomic E-state index is -3.79. The lowest BCUT2D eigenvalue weighted by Gasteiger charge is -2.38. The van der Waals surface area contributed by atoms with Crippen molar-refractivity contribution in [3.8, 4) is 11.5 Å². The number of nitrogens with zero attached hydrogens (tertiary/aromatic N) is 1. The van der Waals surface area contributed by atoms with Crippen molar-refractivity contribution in [2.45, 2.75) is 17.4 Å². The fraction of sp³-hybridized carbons (Fsp3) is 0.278. The lowest BCUT2D eigenvalue weighted by Crippen LogP contribution is -2.56. The van der Waals surface area contributed by atoms with E-state index in [4.69, 9.17) is 9.47 Å². The smallest absolute Gasteiger partial charge is 0.243 e. The summed E-state index contributed by atoms with van der Waals surface area (Å²) in [7, 11) is -3.79. The molecule has 0 bridgehead atoms. The molecule has 136 valence electrons. The van der Waals surface area contributed by atoms with Gasteiger partial charge < -0.3 is 14.8 Å². The average molecular weight is 374 g/mol. The number of sulfonamides is 1. The quantitative estimate of drug-likeness (QED) is 0.883. The van der Waals surface area contributed by atoms with Crippen LogP contribution in [0.3, 0.4) is 0 Å². The van der Waals surface area contributed by atoms with Gasteiger partial charge in [0.1, 0.15) is 19.3 Å². The summed E-state index contributed by atoms with van der Waals surface area (Å²) >= 11 is 0. The third-order valence-corrected chi connectivity index (χ3v) is 6.34. The second kappa shape index (κ2) is 6.62. The number of ether oxygens (including phenoxy) is 2. The predicted molar refractivity (Wildman–Crippen MR) is 94.8 cm³/mol. The third kappa shape index (κ3) is 3.02. The molecule has 0 aliphatic carbocycles. The van der Waals surface area contributed by atoms with Crippen molar-refractivity contribution in [1.29, 1.82) is 0 Å². The van der Waals surface area contributed by atoms with Crippen LogP contribution in [0.1, 0.15) is 6.42 Å². The number of nitrogens with one attached hydrogen (secondary N) is 1. The Hall–Kier alpha value is -2.58. The number of carbonyl (C=O) groups is 1. The van der Waals surface area contributed by atoms with E-state index in [1.165, 1.54) is 16.4 Å². The molecule has 2 heterocycles. The number of para-hydroxylation sites is 1. The van der Waals surface area contributed by atoms with Gasteiger partial charge in [0.25, 0.3) is 0 Å². The zero-order chi connectivity index (χ0) is 18.1. The van der Waals surface area contributed by atoms with Crippen LogP contribution >= 0.6 is 0 Å². The minimum absolute atomic E-state index is 0.0963. The van der Waals surface area contributed by atoms with Crippen LogP contribution in [0.5, 0.6) is 11.5 Å². The topological polar surface area (TPSA) is 84.9 Å². The largest absolute Gasteiger partial charge is 0.486 e. The number of hydrogen-bond acceptors (Lipinski definition) is 5. The molecule has 1 fully saturated rings. The van der Waals surface area contributed by atoms with Gasteiger partial charge in [-0.3, -0.25) is 4.79 Å². The van der Waals surface area contributed by atoms with Gasteiger partial charge in [0.15, 0.2) is 11.5 Å². The van der Waals surface area contributed by atoms with E-state index in [0.29, 0.717) is 43.4 Å². The van der Waals surface area contributed by atoms with Crippen molar-refractivity contribution in [2.24, 2.45) is 0 Å². The van der Waals surface area contributed by atoms with Crippen molar-refractivity contribution in [2.75, 3.05) is 25.1 Å². The second-order valence-corrected chi connectivity index (χ2v) is 7.97. The van der Waals surface area contributed by atoms with E-state index in [0.717, 1.165) is 0 Å².